The zero-order valence-corrected chi connectivity index (χ0v) is 14.4. The van der Waals surface area contributed by atoms with Gasteiger partial charge < -0.3 is 9.88 Å². The van der Waals surface area contributed by atoms with Gasteiger partial charge in [0.1, 0.15) is 0 Å². The van der Waals surface area contributed by atoms with E-state index in [-0.39, 0.29) is 11.9 Å². The summed E-state index contributed by atoms with van der Waals surface area (Å²) in [6.07, 6.45) is 5.37. The molecular weight excluding hydrogens is 326 g/mol. The summed E-state index contributed by atoms with van der Waals surface area (Å²) < 4.78 is 3.75. The first-order valence-corrected chi connectivity index (χ1v) is 8.45. The van der Waals surface area contributed by atoms with Crippen LogP contribution >= 0.6 is 0 Å². The molecule has 6 heteroatoms. The van der Waals surface area contributed by atoms with E-state index < -0.39 is 0 Å². The Labute approximate surface area is 151 Å². The molecule has 0 bridgehead atoms. The fourth-order valence-corrected chi connectivity index (χ4v) is 3.03. The molecule has 1 unspecified atom stereocenters. The normalized spacial score (nSPS) is 12.2. The summed E-state index contributed by atoms with van der Waals surface area (Å²) in [4.78, 5) is 17.2. The summed E-state index contributed by atoms with van der Waals surface area (Å²) in [6, 6.07) is 17.2. The maximum Gasteiger partial charge on any atom is 0.251 e. The molecule has 1 N–H and O–H groups in total. The van der Waals surface area contributed by atoms with E-state index >= 15 is 0 Å². The van der Waals surface area contributed by atoms with Gasteiger partial charge in [0.05, 0.1) is 29.9 Å². The molecule has 1 atom stereocenters. The number of imidazole rings is 1. The molecule has 1 amide bonds. The lowest BCUT2D eigenvalue weighted by Crippen LogP contribution is -2.31. The van der Waals surface area contributed by atoms with Crippen molar-refractivity contribution >= 4 is 16.9 Å². The number of fused-ring (bicyclic) bond motifs is 1. The summed E-state index contributed by atoms with van der Waals surface area (Å²) in [5.74, 6) is -0.126. The quantitative estimate of drug-likeness (QED) is 0.605. The molecule has 4 aromatic rings. The maximum absolute atomic E-state index is 12.8. The first-order chi connectivity index (χ1) is 12.7. The third-order valence-electron chi connectivity index (χ3n) is 4.42. The van der Waals surface area contributed by atoms with E-state index in [0.29, 0.717) is 12.1 Å². The Balaban J connectivity index is 1.60. The predicted octanol–water partition coefficient (Wildman–Crippen LogP) is 2.94. The van der Waals surface area contributed by atoms with Crippen LogP contribution in [0.15, 0.2) is 73.3 Å². The van der Waals surface area contributed by atoms with Crippen LogP contribution in [-0.4, -0.2) is 25.2 Å². The van der Waals surface area contributed by atoms with Crippen molar-refractivity contribution in [3.05, 3.63) is 84.4 Å². The number of aromatic nitrogens is 4. The van der Waals surface area contributed by atoms with Crippen LogP contribution in [0.2, 0.25) is 0 Å². The van der Waals surface area contributed by atoms with Gasteiger partial charge in [-0.2, -0.15) is 5.10 Å². The number of rotatable bonds is 5. The Morgan fingerprint density at radius 3 is 2.77 bits per heavy atom. The third-order valence-corrected chi connectivity index (χ3v) is 4.42. The predicted molar refractivity (Wildman–Crippen MR) is 99.6 cm³/mol. The van der Waals surface area contributed by atoms with Crippen molar-refractivity contribution in [3.8, 4) is 0 Å². The van der Waals surface area contributed by atoms with Crippen LogP contribution in [0.5, 0.6) is 0 Å². The second kappa shape index (κ2) is 6.84. The highest BCUT2D eigenvalue weighted by molar-refractivity contribution is 5.97. The van der Waals surface area contributed by atoms with Crippen LogP contribution in [-0.2, 0) is 13.6 Å². The van der Waals surface area contributed by atoms with Gasteiger partial charge in [0, 0.05) is 25.0 Å². The molecule has 0 aliphatic heterocycles. The zero-order chi connectivity index (χ0) is 17.9. The topological polar surface area (TPSA) is 64.7 Å². The lowest BCUT2D eigenvalue weighted by atomic mass is 10.1. The lowest BCUT2D eigenvalue weighted by Gasteiger charge is -2.19. The molecule has 0 saturated heterocycles. The van der Waals surface area contributed by atoms with E-state index in [9.17, 15) is 4.79 Å². The summed E-state index contributed by atoms with van der Waals surface area (Å²) in [7, 11) is 1.94. The number of nitrogens with zero attached hydrogens (tertiary/aromatic N) is 4. The van der Waals surface area contributed by atoms with Crippen molar-refractivity contribution in [1.82, 2.24) is 24.6 Å². The third kappa shape index (κ3) is 3.21. The number of aryl methyl sites for hydroxylation is 1. The van der Waals surface area contributed by atoms with E-state index in [2.05, 4.69) is 15.4 Å². The summed E-state index contributed by atoms with van der Waals surface area (Å²) >= 11 is 0. The molecule has 0 aliphatic rings. The van der Waals surface area contributed by atoms with Crippen LogP contribution < -0.4 is 5.32 Å². The number of hydrogen-bond donors (Lipinski definition) is 1. The Bertz CT molecular complexity index is 1020. The smallest absolute Gasteiger partial charge is 0.251 e. The molecule has 130 valence electrons. The van der Waals surface area contributed by atoms with Gasteiger partial charge in [-0.25, -0.2) is 4.98 Å². The van der Waals surface area contributed by atoms with E-state index in [4.69, 9.17) is 0 Å². The fraction of sp³-hybridized carbons (Fsp3) is 0.150. The highest BCUT2D eigenvalue weighted by Crippen LogP contribution is 2.18. The monoisotopic (exact) mass is 345 g/mol. The van der Waals surface area contributed by atoms with Crippen molar-refractivity contribution < 1.29 is 4.79 Å². The largest absolute Gasteiger partial charge is 0.343 e. The van der Waals surface area contributed by atoms with Crippen LogP contribution in [0.1, 0.15) is 22.0 Å². The highest BCUT2D eigenvalue weighted by Gasteiger charge is 2.17. The van der Waals surface area contributed by atoms with Crippen LogP contribution in [0.4, 0.5) is 0 Å². The lowest BCUT2D eigenvalue weighted by molar-refractivity contribution is 0.0932. The van der Waals surface area contributed by atoms with Crippen LogP contribution in [0, 0.1) is 0 Å². The zero-order valence-electron chi connectivity index (χ0n) is 14.4. The van der Waals surface area contributed by atoms with Gasteiger partial charge in [-0.3, -0.25) is 9.48 Å². The van der Waals surface area contributed by atoms with Crippen LogP contribution in [0.3, 0.4) is 0 Å². The second-order valence-corrected chi connectivity index (χ2v) is 6.22. The molecule has 4 rings (SSSR count). The van der Waals surface area contributed by atoms with E-state index in [1.54, 1.807) is 12.5 Å². The summed E-state index contributed by atoms with van der Waals surface area (Å²) in [6.45, 7) is 0.564. The standard InChI is InChI=1S/C20H19N5O/c1-24-14-21-17-12-16(8-9-19(17)24)20(26)23-18(13-25-11-5-10-22-25)15-6-3-2-4-7-15/h2-12,14,18H,13H2,1H3,(H,23,26). The summed E-state index contributed by atoms with van der Waals surface area (Å²) in [5, 5.41) is 7.38. The van der Waals surface area contributed by atoms with Gasteiger partial charge >= 0.3 is 0 Å². The van der Waals surface area contributed by atoms with Crippen molar-refractivity contribution in [3.63, 3.8) is 0 Å². The van der Waals surface area contributed by atoms with Crippen molar-refractivity contribution in [2.45, 2.75) is 12.6 Å². The molecular formula is C20H19N5O. The van der Waals surface area contributed by atoms with Gasteiger partial charge in [0.2, 0.25) is 0 Å². The molecule has 0 aliphatic carbocycles. The van der Waals surface area contributed by atoms with Gasteiger partial charge in [0.15, 0.2) is 0 Å². The van der Waals surface area contributed by atoms with Gasteiger partial charge in [-0.05, 0) is 29.8 Å². The van der Waals surface area contributed by atoms with Crippen LogP contribution in [0.25, 0.3) is 11.0 Å². The molecule has 2 aromatic carbocycles. The minimum atomic E-state index is -0.178. The van der Waals surface area contributed by atoms with E-state index in [1.807, 2.05) is 77.1 Å². The minimum absolute atomic E-state index is 0.126. The van der Waals surface area contributed by atoms with Gasteiger partial charge in [0.25, 0.3) is 5.91 Å². The van der Waals surface area contributed by atoms with E-state index in [0.717, 1.165) is 16.6 Å². The Hall–Kier alpha value is -3.41. The van der Waals surface area contributed by atoms with Gasteiger partial charge in [-0.15, -0.1) is 0 Å². The second-order valence-electron chi connectivity index (χ2n) is 6.22. The molecule has 0 spiro atoms. The minimum Gasteiger partial charge on any atom is -0.343 e. The highest BCUT2D eigenvalue weighted by atomic mass is 16.1. The van der Waals surface area contributed by atoms with Crippen molar-refractivity contribution in [2.75, 3.05) is 0 Å². The number of carbonyl (C=O) groups excluding carboxylic acids is 1. The first kappa shape index (κ1) is 16.1. The number of amides is 1. The Kier molecular flexibility index (Phi) is 4.23. The summed E-state index contributed by atoms with van der Waals surface area (Å²) in [5.41, 5.74) is 3.44. The first-order valence-electron chi connectivity index (χ1n) is 8.45. The van der Waals surface area contributed by atoms with Gasteiger partial charge in [-0.1, -0.05) is 30.3 Å². The van der Waals surface area contributed by atoms with E-state index in [1.165, 1.54) is 0 Å². The molecule has 0 fully saturated rings. The number of carbonyl (C=O) groups is 1. The maximum atomic E-state index is 12.8. The van der Waals surface area contributed by atoms with Crippen molar-refractivity contribution in [1.29, 1.82) is 0 Å². The molecule has 26 heavy (non-hydrogen) atoms. The fourth-order valence-electron chi connectivity index (χ4n) is 3.03. The average Bonchev–Trinajstić information content (AvgIpc) is 3.31. The Morgan fingerprint density at radius 2 is 2.00 bits per heavy atom. The van der Waals surface area contributed by atoms with Crippen molar-refractivity contribution in [2.24, 2.45) is 7.05 Å². The number of benzene rings is 2. The number of nitrogens with one attached hydrogen (secondary N) is 1. The SMILES string of the molecule is Cn1cnc2cc(C(=O)NC(Cn3cccn3)c3ccccc3)ccc21. The molecule has 0 radical (unpaired) electrons. The Morgan fingerprint density at radius 1 is 1.15 bits per heavy atom. The molecule has 2 aromatic heterocycles. The molecule has 0 saturated carbocycles. The average molecular weight is 345 g/mol. The molecule has 2 heterocycles. The number of hydrogen-bond acceptors (Lipinski definition) is 3. The molecule has 6 nitrogen and oxygen atoms in total.